The molecule has 1 aliphatic rings. The molecular formula is C36H70O7. The number of esters is 1. The standard InChI is InChI=1S/C24H44O6.C12H26O/c1-2-3-4-5-6-7-8-9-10-11-12-13-14-15-16-17-22(27)30-21(18-25)24-23(28)20(26)19-29-24;1-2-3-4-5-6-7-8-9-10-11-12-13/h9-10,20-21,23-26,28H,2-8,11-19H2,1H3;13H,2-12H2,1H3/b10-9-;/t20-,21+,23+,24+;/m0./s1. The largest absolute Gasteiger partial charge is 0.457 e. The summed E-state index contributed by atoms with van der Waals surface area (Å²) in [5.74, 6) is -0.399. The third-order valence-corrected chi connectivity index (χ3v) is 8.17. The summed E-state index contributed by atoms with van der Waals surface area (Å²) < 4.78 is 10.4. The van der Waals surface area contributed by atoms with Crippen molar-refractivity contribution < 1.29 is 34.7 Å². The molecule has 1 rings (SSSR count). The van der Waals surface area contributed by atoms with Crippen molar-refractivity contribution in [2.75, 3.05) is 19.8 Å². The van der Waals surface area contributed by atoms with Crippen LogP contribution >= 0.6 is 0 Å². The number of rotatable bonds is 28. The Labute approximate surface area is 264 Å². The van der Waals surface area contributed by atoms with Crippen LogP contribution in [0.25, 0.3) is 0 Å². The minimum absolute atomic E-state index is 0.0197. The Kier molecular flexibility index (Phi) is 31.7. The number of allylic oxidation sites excluding steroid dienone is 2. The highest BCUT2D eigenvalue weighted by Crippen LogP contribution is 2.20. The van der Waals surface area contributed by atoms with Crippen LogP contribution in [0.15, 0.2) is 12.2 Å². The van der Waals surface area contributed by atoms with Crippen LogP contribution in [-0.4, -0.2) is 70.6 Å². The molecule has 1 fully saturated rings. The van der Waals surface area contributed by atoms with E-state index in [0.717, 1.165) is 38.5 Å². The van der Waals surface area contributed by atoms with Gasteiger partial charge in [-0.3, -0.25) is 4.79 Å². The Morgan fingerprint density at radius 2 is 1.14 bits per heavy atom. The molecule has 0 aromatic heterocycles. The Hall–Kier alpha value is -0.990. The molecule has 0 bridgehead atoms. The first-order chi connectivity index (χ1) is 21.0. The zero-order valence-corrected chi connectivity index (χ0v) is 28.1. The third-order valence-electron chi connectivity index (χ3n) is 8.17. The van der Waals surface area contributed by atoms with Crippen molar-refractivity contribution in [2.45, 2.75) is 192 Å². The van der Waals surface area contributed by atoms with E-state index in [-0.39, 0.29) is 6.61 Å². The second-order valence-electron chi connectivity index (χ2n) is 12.3. The van der Waals surface area contributed by atoms with Gasteiger partial charge in [0.25, 0.3) is 0 Å². The van der Waals surface area contributed by atoms with E-state index in [0.29, 0.717) is 13.0 Å². The second-order valence-corrected chi connectivity index (χ2v) is 12.3. The first-order valence-electron chi connectivity index (χ1n) is 18.1. The van der Waals surface area contributed by atoms with Gasteiger partial charge < -0.3 is 29.9 Å². The summed E-state index contributed by atoms with van der Waals surface area (Å²) in [5.41, 5.74) is 0. The van der Waals surface area contributed by atoms with Gasteiger partial charge in [-0.25, -0.2) is 0 Å². The number of unbranched alkanes of at least 4 members (excludes halogenated alkanes) is 20. The lowest BCUT2D eigenvalue weighted by Gasteiger charge is -2.24. The van der Waals surface area contributed by atoms with E-state index in [1.54, 1.807) is 0 Å². The molecule has 0 spiro atoms. The topological polar surface area (TPSA) is 116 Å². The summed E-state index contributed by atoms with van der Waals surface area (Å²) >= 11 is 0. The molecular weight excluding hydrogens is 544 g/mol. The fourth-order valence-corrected chi connectivity index (χ4v) is 5.33. The van der Waals surface area contributed by atoms with Crippen molar-refractivity contribution in [3.05, 3.63) is 12.2 Å². The monoisotopic (exact) mass is 615 g/mol. The maximum absolute atomic E-state index is 11.9. The van der Waals surface area contributed by atoms with Gasteiger partial charge in [0.2, 0.25) is 0 Å². The Morgan fingerprint density at radius 1 is 0.698 bits per heavy atom. The molecule has 0 unspecified atom stereocenters. The molecule has 7 heteroatoms. The smallest absolute Gasteiger partial charge is 0.306 e. The van der Waals surface area contributed by atoms with E-state index >= 15 is 0 Å². The van der Waals surface area contributed by atoms with Crippen LogP contribution < -0.4 is 0 Å². The molecule has 0 amide bonds. The molecule has 1 heterocycles. The first-order valence-corrected chi connectivity index (χ1v) is 18.1. The molecule has 1 saturated heterocycles. The summed E-state index contributed by atoms with van der Waals surface area (Å²) in [6, 6.07) is 0. The Balaban J connectivity index is 0.00000114. The maximum Gasteiger partial charge on any atom is 0.306 e. The normalized spacial score (nSPS) is 19.0. The van der Waals surface area contributed by atoms with E-state index in [1.807, 2.05) is 0 Å². The Bertz CT molecular complexity index is 602. The zero-order valence-electron chi connectivity index (χ0n) is 28.1. The van der Waals surface area contributed by atoms with Crippen LogP contribution in [-0.2, 0) is 14.3 Å². The van der Waals surface area contributed by atoms with Crippen molar-refractivity contribution in [1.82, 2.24) is 0 Å². The molecule has 4 N–H and O–H groups in total. The second kappa shape index (κ2) is 32.4. The fourth-order valence-electron chi connectivity index (χ4n) is 5.33. The van der Waals surface area contributed by atoms with Crippen LogP contribution in [0, 0.1) is 0 Å². The van der Waals surface area contributed by atoms with Crippen LogP contribution in [0.4, 0.5) is 0 Å². The SMILES string of the molecule is CCCCCCCC/C=C\CCCCCCCC(=O)O[C@H](CO)[C@H]1OC[C@H](O)[C@H]1O.CCCCCCCCCCCCO. The lowest BCUT2D eigenvalue weighted by atomic mass is 10.1. The number of hydrogen-bond donors (Lipinski definition) is 4. The van der Waals surface area contributed by atoms with Crippen LogP contribution in [0.2, 0.25) is 0 Å². The number of carbonyl (C=O) groups is 1. The number of aliphatic hydroxyl groups excluding tert-OH is 4. The lowest BCUT2D eigenvalue weighted by Crippen LogP contribution is -2.43. The molecule has 0 aliphatic carbocycles. The highest BCUT2D eigenvalue weighted by molar-refractivity contribution is 5.69. The molecule has 0 aromatic carbocycles. The van der Waals surface area contributed by atoms with E-state index in [4.69, 9.17) is 14.6 Å². The van der Waals surface area contributed by atoms with Gasteiger partial charge in [-0.05, 0) is 38.5 Å². The first kappa shape index (κ1) is 42.0. The summed E-state index contributed by atoms with van der Waals surface area (Å²) in [6.07, 6.45) is 29.8. The molecule has 0 radical (unpaired) electrons. The fraction of sp³-hybridized carbons (Fsp3) is 0.917. The minimum Gasteiger partial charge on any atom is -0.457 e. The molecule has 4 atom stereocenters. The van der Waals surface area contributed by atoms with Crippen LogP contribution in [0.1, 0.15) is 168 Å². The minimum atomic E-state index is -1.14. The quantitative estimate of drug-likeness (QED) is 0.0401. The van der Waals surface area contributed by atoms with Crippen LogP contribution in [0.3, 0.4) is 0 Å². The summed E-state index contributed by atoms with van der Waals surface area (Å²) in [6.45, 7) is 4.42. The third kappa shape index (κ3) is 26.0. The van der Waals surface area contributed by atoms with Crippen LogP contribution in [0.5, 0.6) is 0 Å². The van der Waals surface area contributed by atoms with Gasteiger partial charge in [0.05, 0.1) is 13.2 Å². The van der Waals surface area contributed by atoms with E-state index in [9.17, 15) is 20.1 Å². The lowest BCUT2D eigenvalue weighted by molar-refractivity contribution is -0.162. The number of hydrogen-bond acceptors (Lipinski definition) is 7. The van der Waals surface area contributed by atoms with Crippen molar-refractivity contribution in [2.24, 2.45) is 0 Å². The van der Waals surface area contributed by atoms with Gasteiger partial charge in [0, 0.05) is 13.0 Å². The predicted octanol–water partition coefficient (Wildman–Crippen LogP) is 7.95. The highest BCUT2D eigenvalue weighted by atomic mass is 16.6. The van der Waals surface area contributed by atoms with Gasteiger partial charge in [-0.1, -0.05) is 135 Å². The van der Waals surface area contributed by atoms with Crippen molar-refractivity contribution >= 4 is 5.97 Å². The highest BCUT2D eigenvalue weighted by Gasteiger charge is 2.41. The van der Waals surface area contributed by atoms with Crippen molar-refractivity contribution in [1.29, 1.82) is 0 Å². The summed E-state index contributed by atoms with van der Waals surface area (Å²) in [5, 5.41) is 37.3. The molecule has 1 aliphatic heterocycles. The van der Waals surface area contributed by atoms with E-state index in [2.05, 4.69) is 26.0 Å². The number of ether oxygens (including phenoxy) is 2. The maximum atomic E-state index is 11.9. The molecule has 0 saturated carbocycles. The van der Waals surface area contributed by atoms with Gasteiger partial charge in [0.1, 0.15) is 18.3 Å². The molecule has 43 heavy (non-hydrogen) atoms. The molecule has 0 aromatic rings. The summed E-state index contributed by atoms with van der Waals surface area (Å²) in [4.78, 5) is 11.9. The average Bonchev–Trinajstić information content (AvgIpc) is 3.34. The predicted molar refractivity (Wildman–Crippen MR) is 177 cm³/mol. The van der Waals surface area contributed by atoms with Gasteiger partial charge in [-0.15, -0.1) is 0 Å². The van der Waals surface area contributed by atoms with Crippen molar-refractivity contribution in [3.8, 4) is 0 Å². The van der Waals surface area contributed by atoms with E-state index < -0.39 is 37.0 Å². The zero-order chi connectivity index (χ0) is 31.8. The Morgan fingerprint density at radius 3 is 1.56 bits per heavy atom. The van der Waals surface area contributed by atoms with Crippen molar-refractivity contribution in [3.63, 3.8) is 0 Å². The molecule has 256 valence electrons. The summed E-state index contributed by atoms with van der Waals surface area (Å²) in [7, 11) is 0. The number of carbonyl (C=O) groups excluding carboxylic acids is 1. The van der Waals surface area contributed by atoms with Gasteiger partial charge in [0.15, 0.2) is 6.10 Å². The molecule has 7 nitrogen and oxygen atoms in total. The average molecular weight is 615 g/mol. The van der Waals surface area contributed by atoms with Gasteiger partial charge in [-0.2, -0.15) is 0 Å². The van der Waals surface area contributed by atoms with E-state index in [1.165, 1.54) is 109 Å². The van der Waals surface area contributed by atoms with Gasteiger partial charge >= 0.3 is 5.97 Å². The number of aliphatic hydroxyl groups is 4.